The van der Waals surface area contributed by atoms with Crippen LogP contribution in [0.5, 0.6) is 0 Å². The molecule has 28 heavy (non-hydrogen) atoms. The van der Waals surface area contributed by atoms with Gasteiger partial charge in [0.15, 0.2) is 0 Å². The van der Waals surface area contributed by atoms with Crippen LogP contribution < -0.4 is 5.32 Å². The monoisotopic (exact) mass is 381 g/mol. The summed E-state index contributed by atoms with van der Waals surface area (Å²) in [5, 5.41) is 2.69. The Morgan fingerprint density at radius 1 is 1.00 bits per heavy atom. The highest BCUT2D eigenvalue weighted by Gasteiger charge is 2.52. The van der Waals surface area contributed by atoms with Crippen molar-refractivity contribution in [1.29, 1.82) is 0 Å². The number of allylic oxidation sites excluding steroid dienone is 2. The minimum absolute atomic E-state index is 0.0262. The van der Waals surface area contributed by atoms with E-state index in [1.807, 2.05) is 24.3 Å². The van der Waals surface area contributed by atoms with Crippen molar-refractivity contribution in [3.8, 4) is 0 Å². The van der Waals surface area contributed by atoms with Crippen molar-refractivity contribution in [3.05, 3.63) is 42.0 Å². The molecule has 1 aromatic rings. The van der Waals surface area contributed by atoms with E-state index >= 15 is 0 Å². The Balaban J connectivity index is 1.31. The van der Waals surface area contributed by atoms with Gasteiger partial charge in [0.1, 0.15) is 0 Å². The number of rotatable bonds is 4. The van der Waals surface area contributed by atoms with Crippen LogP contribution in [0, 0.1) is 11.8 Å². The number of carbonyl (C=O) groups is 4. The van der Waals surface area contributed by atoms with E-state index in [0.717, 1.165) is 5.56 Å². The summed E-state index contributed by atoms with van der Waals surface area (Å²) >= 11 is 0. The molecule has 0 radical (unpaired) electrons. The Kier molecular flexibility index (Phi) is 4.75. The van der Waals surface area contributed by atoms with Gasteiger partial charge in [0.05, 0.1) is 24.3 Å². The van der Waals surface area contributed by atoms with Crippen LogP contribution in [-0.2, 0) is 25.6 Å². The molecule has 2 fully saturated rings. The smallest absolute Gasteiger partial charge is 0.233 e. The average Bonchev–Trinajstić information content (AvgIpc) is 2.87. The van der Waals surface area contributed by atoms with E-state index < -0.39 is 0 Å². The number of nitrogens with one attached hydrogen (secondary N) is 1. The number of benzene rings is 1. The third-order valence-electron chi connectivity index (χ3n) is 5.75. The number of hydrogen-bond donors (Lipinski definition) is 1. The topological polar surface area (TPSA) is 86.8 Å². The minimum atomic E-state index is -0.218. The lowest BCUT2D eigenvalue weighted by Gasteiger charge is -2.43. The van der Waals surface area contributed by atoms with Gasteiger partial charge < -0.3 is 10.2 Å². The number of carbonyl (C=O) groups excluding carboxylic acids is 4. The predicted octanol–water partition coefficient (Wildman–Crippen LogP) is 1.35. The van der Waals surface area contributed by atoms with Gasteiger partial charge in [-0.15, -0.1) is 0 Å². The quantitative estimate of drug-likeness (QED) is 0.630. The van der Waals surface area contributed by atoms with Crippen LogP contribution in [0.3, 0.4) is 0 Å². The fourth-order valence-electron chi connectivity index (χ4n) is 4.20. The fraction of sp³-hybridized carbons (Fsp3) is 0.429. The second-order valence-corrected chi connectivity index (χ2v) is 7.71. The summed E-state index contributed by atoms with van der Waals surface area (Å²) in [7, 11) is 0. The number of imide groups is 1. The lowest BCUT2D eigenvalue weighted by molar-refractivity contribution is -0.152. The van der Waals surface area contributed by atoms with Crippen molar-refractivity contribution in [2.45, 2.75) is 32.2 Å². The van der Waals surface area contributed by atoms with Crippen LogP contribution in [0.15, 0.2) is 36.4 Å². The zero-order valence-electron chi connectivity index (χ0n) is 15.8. The normalized spacial score (nSPS) is 24.2. The maximum absolute atomic E-state index is 12.6. The van der Waals surface area contributed by atoms with Gasteiger partial charge >= 0.3 is 0 Å². The lowest BCUT2D eigenvalue weighted by Crippen LogP contribution is -2.62. The van der Waals surface area contributed by atoms with Gasteiger partial charge in [-0.05, 0) is 30.5 Å². The Morgan fingerprint density at radius 2 is 1.57 bits per heavy atom. The molecular formula is C21H23N3O4. The Hall–Kier alpha value is -2.96. The van der Waals surface area contributed by atoms with Crippen LogP contribution in [-0.4, -0.2) is 52.6 Å². The van der Waals surface area contributed by atoms with Crippen LogP contribution in [0.4, 0.5) is 5.69 Å². The van der Waals surface area contributed by atoms with Gasteiger partial charge in [-0.25, -0.2) is 0 Å². The molecule has 4 amide bonds. The highest BCUT2D eigenvalue weighted by molar-refractivity contribution is 6.06. The third-order valence-corrected chi connectivity index (χ3v) is 5.75. The molecule has 0 unspecified atom stereocenters. The van der Waals surface area contributed by atoms with Crippen LogP contribution >= 0.6 is 0 Å². The van der Waals surface area contributed by atoms with E-state index in [1.54, 1.807) is 17.0 Å². The molecule has 2 aliphatic heterocycles. The average molecular weight is 381 g/mol. The van der Waals surface area contributed by atoms with Crippen LogP contribution in [0.25, 0.3) is 0 Å². The molecule has 1 aromatic carbocycles. The molecule has 7 nitrogen and oxygen atoms in total. The number of amides is 4. The predicted molar refractivity (Wildman–Crippen MR) is 102 cm³/mol. The lowest BCUT2D eigenvalue weighted by atomic mass is 9.85. The van der Waals surface area contributed by atoms with Crippen molar-refractivity contribution in [1.82, 2.24) is 9.80 Å². The molecule has 7 heteroatoms. The highest BCUT2D eigenvalue weighted by Crippen LogP contribution is 2.37. The summed E-state index contributed by atoms with van der Waals surface area (Å²) in [4.78, 5) is 51.8. The summed E-state index contributed by atoms with van der Waals surface area (Å²) in [6.07, 6.45) is 5.47. The van der Waals surface area contributed by atoms with Crippen LogP contribution in [0.2, 0.25) is 0 Å². The maximum Gasteiger partial charge on any atom is 0.233 e. The molecule has 2 atom stereocenters. The molecule has 0 bridgehead atoms. The number of fused-ring (bicyclic) bond motifs is 1. The number of likely N-dealkylation sites (tertiary alicyclic amines) is 2. The summed E-state index contributed by atoms with van der Waals surface area (Å²) < 4.78 is 0. The van der Waals surface area contributed by atoms with Gasteiger partial charge in [0, 0.05) is 25.7 Å². The van der Waals surface area contributed by atoms with E-state index in [2.05, 4.69) is 5.32 Å². The van der Waals surface area contributed by atoms with Gasteiger partial charge in [-0.2, -0.15) is 0 Å². The number of hydrogen-bond acceptors (Lipinski definition) is 4. The van der Waals surface area contributed by atoms with Gasteiger partial charge in [-0.3, -0.25) is 24.1 Å². The van der Waals surface area contributed by atoms with E-state index in [9.17, 15) is 19.2 Å². The molecule has 3 aliphatic rings. The van der Waals surface area contributed by atoms with Crippen molar-refractivity contribution in [2.75, 3.05) is 18.4 Å². The number of anilines is 1. The fourth-order valence-corrected chi connectivity index (χ4v) is 4.20. The molecule has 146 valence electrons. The Labute approximate surface area is 163 Å². The molecule has 2 heterocycles. The van der Waals surface area contributed by atoms with Crippen molar-refractivity contribution < 1.29 is 19.2 Å². The first-order valence-corrected chi connectivity index (χ1v) is 9.60. The van der Waals surface area contributed by atoms with E-state index in [1.165, 1.54) is 11.8 Å². The molecule has 2 saturated heterocycles. The van der Waals surface area contributed by atoms with E-state index in [-0.39, 0.29) is 47.9 Å². The second kappa shape index (κ2) is 7.22. The standard InChI is InChI=1S/C21H23N3O4/c1-13(25)22-15-8-6-14(7-9-15)10-19(26)23-11-16(12-23)24-20(27)17-4-2-3-5-18(17)21(24)28/h2-3,6-9,16-18H,4-5,10-12H2,1H3,(H,22,25)/t17-,18-/m0/s1. The molecule has 0 spiro atoms. The second-order valence-electron chi connectivity index (χ2n) is 7.71. The van der Waals surface area contributed by atoms with Crippen LogP contribution in [0.1, 0.15) is 25.3 Å². The molecule has 0 aromatic heterocycles. The molecule has 0 saturated carbocycles. The Morgan fingerprint density at radius 3 is 2.11 bits per heavy atom. The van der Waals surface area contributed by atoms with Gasteiger partial charge in [-0.1, -0.05) is 24.3 Å². The van der Waals surface area contributed by atoms with Crippen molar-refractivity contribution >= 4 is 29.3 Å². The highest BCUT2D eigenvalue weighted by atomic mass is 16.2. The first-order valence-electron chi connectivity index (χ1n) is 9.60. The minimum Gasteiger partial charge on any atom is -0.338 e. The van der Waals surface area contributed by atoms with Gasteiger partial charge in [0.2, 0.25) is 23.6 Å². The summed E-state index contributed by atoms with van der Waals surface area (Å²) in [5.74, 6) is -0.762. The summed E-state index contributed by atoms with van der Waals surface area (Å²) in [6.45, 7) is 2.26. The Bertz CT molecular complexity index is 829. The zero-order valence-corrected chi connectivity index (χ0v) is 15.8. The summed E-state index contributed by atoms with van der Waals surface area (Å²) in [6, 6.07) is 6.95. The maximum atomic E-state index is 12.6. The van der Waals surface area contributed by atoms with E-state index in [4.69, 9.17) is 0 Å². The third kappa shape index (κ3) is 3.32. The van der Waals surface area contributed by atoms with Crippen molar-refractivity contribution in [3.63, 3.8) is 0 Å². The molecule has 1 aliphatic carbocycles. The first-order chi connectivity index (χ1) is 13.4. The first kappa shape index (κ1) is 18.4. The SMILES string of the molecule is CC(=O)Nc1ccc(CC(=O)N2CC(N3C(=O)[C@H]4CC=CC[C@@H]4C3=O)C2)cc1. The summed E-state index contributed by atoms with van der Waals surface area (Å²) in [5.41, 5.74) is 1.54. The molecule has 4 rings (SSSR count). The number of nitrogens with zero attached hydrogens (tertiary/aromatic N) is 2. The zero-order chi connectivity index (χ0) is 19.8. The molecule has 1 N–H and O–H groups in total. The van der Waals surface area contributed by atoms with E-state index in [0.29, 0.717) is 31.6 Å². The molecular weight excluding hydrogens is 358 g/mol. The van der Waals surface area contributed by atoms with Crippen molar-refractivity contribution in [2.24, 2.45) is 11.8 Å². The van der Waals surface area contributed by atoms with Gasteiger partial charge in [0.25, 0.3) is 0 Å². The largest absolute Gasteiger partial charge is 0.338 e.